The molecule has 1 unspecified atom stereocenters. The van der Waals surface area contributed by atoms with Crippen molar-refractivity contribution in [2.75, 3.05) is 33.3 Å². The number of hydrogen-bond acceptors (Lipinski definition) is 4. The highest BCUT2D eigenvalue weighted by Gasteiger charge is 2.31. The van der Waals surface area contributed by atoms with E-state index in [1.807, 2.05) is 4.90 Å². The van der Waals surface area contributed by atoms with Crippen molar-refractivity contribution in [2.45, 2.75) is 44.6 Å². The summed E-state index contributed by atoms with van der Waals surface area (Å²) in [5, 5.41) is 7.24. The standard InChI is InChI=1S/C20H30ClN5O2.HI/c1-22-20(23-10-12-28-18-8-7-16(21)13-24-18)25-17-9-11-26(14-17)19(27)15-5-3-2-4-6-15;/h7-8,13,15,17H,2-6,9-12,14H2,1H3,(H2,22,23,25);1H. The van der Waals surface area contributed by atoms with E-state index in [2.05, 4.69) is 20.6 Å². The number of pyridine rings is 1. The maximum Gasteiger partial charge on any atom is 0.225 e. The molecule has 1 aromatic heterocycles. The molecule has 3 rings (SSSR count). The average Bonchev–Trinajstić information content (AvgIpc) is 3.20. The quantitative estimate of drug-likeness (QED) is 0.253. The summed E-state index contributed by atoms with van der Waals surface area (Å²) in [6, 6.07) is 3.72. The van der Waals surface area contributed by atoms with Crippen LogP contribution in [0.15, 0.2) is 23.3 Å². The number of ether oxygens (including phenoxy) is 1. The van der Waals surface area contributed by atoms with Crippen molar-refractivity contribution in [2.24, 2.45) is 10.9 Å². The van der Waals surface area contributed by atoms with Gasteiger partial charge < -0.3 is 20.3 Å². The van der Waals surface area contributed by atoms with Gasteiger partial charge in [-0.2, -0.15) is 0 Å². The van der Waals surface area contributed by atoms with Gasteiger partial charge in [0.05, 0.1) is 11.6 Å². The first kappa shape index (κ1) is 24.0. The van der Waals surface area contributed by atoms with Gasteiger partial charge in [0, 0.05) is 44.4 Å². The molecule has 162 valence electrons. The number of likely N-dealkylation sites (tertiary alicyclic amines) is 1. The van der Waals surface area contributed by atoms with Crippen molar-refractivity contribution in [3.05, 3.63) is 23.4 Å². The largest absolute Gasteiger partial charge is 0.476 e. The molecule has 1 aromatic rings. The number of carbonyl (C=O) groups is 1. The minimum absolute atomic E-state index is 0. The lowest BCUT2D eigenvalue weighted by Crippen LogP contribution is -2.46. The second-order valence-electron chi connectivity index (χ2n) is 7.41. The second-order valence-corrected chi connectivity index (χ2v) is 7.85. The van der Waals surface area contributed by atoms with Crippen LogP contribution in [0.25, 0.3) is 0 Å². The SMILES string of the molecule is CN=C(NCCOc1ccc(Cl)cn1)NC1CCN(C(=O)C2CCCCC2)C1.I. The molecular formula is C20H31ClIN5O2. The van der Waals surface area contributed by atoms with Gasteiger partial charge in [-0.05, 0) is 25.3 Å². The molecule has 0 aromatic carbocycles. The van der Waals surface area contributed by atoms with E-state index >= 15 is 0 Å². The summed E-state index contributed by atoms with van der Waals surface area (Å²) in [4.78, 5) is 23.1. The number of rotatable bonds is 6. The molecule has 0 radical (unpaired) electrons. The van der Waals surface area contributed by atoms with Crippen LogP contribution in [0, 0.1) is 5.92 Å². The third-order valence-corrected chi connectivity index (χ3v) is 5.59. The summed E-state index contributed by atoms with van der Waals surface area (Å²) in [5.74, 6) is 1.85. The molecule has 9 heteroatoms. The molecule has 1 saturated heterocycles. The van der Waals surface area contributed by atoms with E-state index in [0.717, 1.165) is 38.3 Å². The van der Waals surface area contributed by atoms with Crippen LogP contribution in [0.2, 0.25) is 5.02 Å². The number of hydrogen-bond donors (Lipinski definition) is 2. The summed E-state index contributed by atoms with van der Waals surface area (Å²) < 4.78 is 5.57. The molecule has 1 aliphatic carbocycles. The lowest BCUT2D eigenvalue weighted by molar-refractivity contribution is -0.135. The molecule has 1 amide bonds. The molecule has 29 heavy (non-hydrogen) atoms. The predicted molar refractivity (Wildman–Crippen MR) is 126 cm³/mol. The van der Waals surface area contributed by atoms with E-state index in [1.54, 1.807) is 25.4 Å². The van der Waals surface area contributed by atoms with Crippen molar-refractivity contribution in [1.82, 2.24) is 20.5 Å². The van der Waals surface area contributed by atoms with Crippen molar-refractivity contribution in [1.29, 1.82) is 0 Å². The highest BCUT2D eigenvalue weighted by molar-refractivity contribution is 14.0. The van der Waals surface area contributed by atoms with Crippen molar-refractivity contribution in [3.63, 3.8) is 0 Å². The summed E-state index contributed by atoms with van der Waals surface area (Å²) in [6.45, 7) is 2.64. The number of guanidine groups is 1. The molecular weight excluding hydrogens is 505 g/mol. The van der Waals surface area contributed by atoms with E-state index in [4.69, 9.17) is 16.3 Å². The van der Waals surface area contributed by atoms with E-state index in [0.29, 0.717) is 30.0 Å². The highest BCUT2D eigenvalue weighted by atomic mass is 127. The molecule has 0 bridgehead atoms. The van der Waals surface area contributed by atoms with Gasteiger partial charge in [-0.3, -0.25) is 9.79 Å². The maximum atomic E-state index is 12.7. The molecule has 1 saturated carbocycles. The third kappa shape index (κ3) is 7.47. The molecule has 2 heterocycles. The number of aromatic nitrogens is 1. The van der Waals surface area contributed by atoms with Crippen LogP contribution < -0.4 is 15.4 Å². The van der Waals surface area contributed by atoms with Gasteiger partial charge >= 0.3 is 0 Å². The van der Waals surface area contributed by atoms with Gasteiger partial charge in [-0.15, -0.1) is 24.0 Å². The first-order chi connectivity index (χ1) is 13.7. The zero-order valence-electron chi connectivity index (χ0n) is 16.9. The van der Waals surface area contributed by atoms with Crippen LogP contribution in [0.3, 0.4) is 0 Å². The van der Waals surface area contributed by atoms with E-state index in [-0.39, 0.29) is 35.9 Å². The van der Waals surface area contributed by atoms with Gasteiger partial charge in [0.2, 0.25) is 11.8 Å². The van der Waals surface area contributed by atoms with Crippen LogP contribution in [-0.2, 0) is 4.79 Å². The molecule has 2 N–H and O–H groups in total. The smallest absolute Gasteiger partial charge is 0.225 e. The number of nitrogens with one attached hydrogen (secondary N) is 2. The molecule has 1 aliphatic heterocycles. The third-order valence-electron chi connectivity index (χ3n) is 5.36. The van der Waals surface area contributed by atoms with Crippen LogP contribution in [0.5, 0.6) is 5.88 Å². The monoisotopic (exact) mass is 535 g/mol. The molecule has 7 nitrogen and oxygen atoms in total. The van der Waals surface area contributed by atoms with Gasteiger partial charge in [-0.25, -0.2) is 4.98 Å². The van der Waals surface area contributed by atoms with Crippen molar-refractivity contribution in [3.8, 4) is 5.88 Å². The topological polar surface area (TPSA) is 78.9 Å². The fourth-order valence-corrected chi connectivity index (χ4v) is 3.96. The Labute approximate surface area is 195 Å². The fourth-order valence-electron chi connectivity index (χ4n) is 3.85. The first-order valence-electron chi connectivity index (χ1n) is 10.2. The van der Waals surface area contributed by atoms with Crippen molar-refractivity contribution < 1.29 is 9.53 Å². The summed E-state index contributed by atoms with van der Waals surface area (Å²) >= 11 is 5.81. The van der Waals surface area contributed by atoms with Crippen molar-refractivity contribution >= 4 is 47.4 Å². The maximum absolute atomic E-state index is 12.7. The van der Waals surface area contributed by atoms with E-state index in [9.17, 15) is 4.79 Å². The van der Waals surface area contributed by atoms with Crippen LogP contribution in [0.4, 0.5) is 0 Å². The van der Waals surface area contributed by atoms with Gasteiger partial charge in [0.25, 0.3) is 0 Å². The summed E-state index contributed by atoms with van der Waals surface area (Å²) in [7, 11) is 1.75. The number of halogens is 2. The Balaban J connectivity index is 0.00000300. The lowest BCUT2D eigenvalue weighted by Gasteiger charge is -2.26. The predicted octanol–water partition coefficient (Wildman–Crippen LogP) is 3.08. The minimum atomic E-state index is 0. The zero-order valence-corrected chi connectivity index (χ0v) is 20.0. The Hall–Kier alpha value is -1.29. The molecule has 2 fully saturated rings. The normalized spacial score (nSPS) is 20.1. The van der Waals surface area contributed by atoms with Crippen LogP contribution >= 0.6 is 35.6 Å². The van der Waals surface area contributed by atoms with Crippen LogP contribution in [-0.4, -0.2) is 61.1 Å². The number of amides is 1. The number of carbonyl (C=O) groups excluding carboxylic acids is 1. The molecule has 1 atom stereocenters. The number of aliphatic imine (C=N–C) groups is 1. The Morgan fingerprint density at radius 3 is 2.79 bits per heavy atom. The Morgan fingerprint density at radius 1 is 1.31 bits per heavy atom. The van der Waals surface area contributed by atoms with Crippen LogP contribution in [0.1, 0.15) is 38.5 Å². The Bertz CT molecular complexity index is 667. The summed E-state index contributed by atoms with van der Waals surface area (Å²) in [6.07, 6.45) is 8.27. The van der Waals surface area contributed by atoms with Gasteiger partial charge in [0.15, 0.2) is 5.96 Å². The van der Waals surface area contributed by atoms with Gasteiger partial charge in [0.1, 0.15) is 6.61 Å². The molecule has 0 spiro atoms. The van der Waals surface area contributed by atoms with Gasteiger partial charge in [-0.1, -0.05) is 30.9 Å². The summed E-state index contributed by atoms with van der Waals surface area (Å²) in [5.41, 5.74) is 0. The Kier molecular flexibility index (Phi) is 10.3. The Morgan fingerprint density at radius 2 is 2.10 bits per heavy atom. The number of nitrogens with zero attached hydrogens (tertiary/aromatic N) is 3. The highest BCUT2D eigenvalue weighted by Crippen LogP contribution is 2.26. The van der Waals surface area contributed by atoms with E-state index in [1.165, 1.54) is 19.3 Å². The lowest BCUT2D eigenvalue weighted by atomic mass is 9.88. The first-order valence-corrected chi connectivity index (χ1v) is 10.5. The minimum Gasteiger partial charge on any atom is -0.476 e. The fraction of sp³-hybridized carbons (Fsp3) is 0.650. The zero-order chi connectivity index (χ0) is 19.8. The second kappa shape index (κ2) is 12.4. The average molecular weight is 536 g/mol. The molecule has 2 aliphatic rings. The van der Waals surface area contributed by atoms with E-state index < -0.39 is 0 Å².